The third-order valence-electron chi connectivity index (χ3n) is 10.4. The molecule has 0 spiro atoms. The molecule has 330 valence electrons. The van der Waals surface area contributed by atoms with Crippen LogP contribution in [0.1, 0.15) is 100.0 Å². The molecular formula is C43H66N4O12. The van der Waals surface area contributed by atoms with Crippen LogP contribution in [-0.4, -0.2) is 126 Å². The minimum Gasteiger partial charge on any atom is -0.497 e. The van der Waals surface area contributed by atoms with Crippen LogP contribution in [-0.2, 0) is 49.4 Å². The summed E-state index contributed by atoms with van der Waals surface area (Å²) in [5.74, 6) is -5.21. The van der Waals surface area contributed by atoms with Gasteiger partial charge in [-0.1, -0.05) is 53.7 Å². The molecule has 59 heavy (non-hydrogen) atoms. The second-order valence-corrected chi connectivity index (χ2v) is 17.7. The van der Waals surface area contributed by atoms with Crippen LogP contribution in [0.2, 0.25) is 0 Å². The van der Waals surface area contributed by atoms with E-state index in [2.05, 4.69) is 10.6 Å². The lowest BCUT2D eigenvalue weighted by Crippen LogP contribution is -2.57. The van der Waals surface area contributed by atoms with E-state index in [0.29, 0.717) is 30.6 Å². The topological polar surface area (TPSA) is 207 Å². The zero-order chi connectivity index (χ0) is 44.4. The quantitative estimate of drug-likeness (QED) is 0.254. The highest BCUT2D eigenvalue weighted by atomic mass is 16.6. The van der Waals surface area contributed by atoms with Gasteiger partial charge in [0.15, 0.2) is 11.9 Å². The number of hydrogen-bond acceptors (Lipinski definition) is 12. The average Bonchev–Trinajstić information content (AvgIpc) is 3.64. The van der Waals surface area contributed by atoms with Crippen molar-refractivity contribution in [2.24, 2.45) is 23.7 Å². The lowest BCUT2D eigenvalue weighted by atomic mass is 9.87. The number of amides is 4. The minimum atomic E-state index is -1.55. The number of likely N-dealkylation sites (N-methyl/N-ethyl adjacent to an activating group) is 1. The highest BCUT2D eigenvalue weighted by molar-refractivity contribution is 5.94. The summed E-state index contributed by atoms with van der Waals surface area (Å²) < 4.78 is 22.1. The maximum Gasteiger partial charge on any atom is 0.408 e. The summed E-state index contributed by atoms with van der Waals surface area (Å²) in [4.78, 5) is 99.9. The first kappa shape index (κ1) is 48.6. The Kier molecular flexibility index (Phi) is 17.7. The Morgan fingerprint density at radius 1 is 0.966 bits per heavy atom. The Morgan fingerprint density at radius 2 is 1.61 bits per heavy atom. The summed E-state index contributed by atoms with van der Waals surface area (Å²) in [5, 5.41) is 16.4. The molecule has 2 aliphatic rings. The van der Waals surface area contributed by atoms with Crippen LogP contribution in [0.5, 0.6) is 5.75 Å². The second kappa shape index (κ2) is 21.5. The van der Waals surface area contributed by atoms with Crippen LogP contribution in [0.25, 0.3) is 0 Å². The van der Waals surface area contributed by atoms with Crippen LogP contribution in [0.15, 0.2) is 24.3 Å². The zero-order valence-electron chi connectivity index (χ0n) is 36.6. The van der Waals surface area contributed by atoms with Gasteiger partial charge < -0.3 is 44.5 Å². The minimum absolute atomic E-state index is 0.00122. The van der Waals surface area contributed by atoms with Crippen LogP contribution >= 0.6 is 0 Å². The van der Waals surface area contributed by atoms with Gasteiger partial charge in [-0.05, 0) is 75.5 Å². The zero-order valence-corrected chi connectivity index (χ0v) is 36.6. The Morgan fingerprint density at radius 3 is 2.17 bits per heavy atom. The van der Waals surface area contributed by atoms with Gasteiger partial charge in [-0.25, -0.2) is 9.59 Å². The molecule has 4 amide bonds. The van der Waals surface area contributed by atoms with Crippen molar-refractivity contribution >= 4 is 41.5 Å². The summed E-state index contributed by atoms with van der Waals surface area (Å²) in [6, 6.07) is 2.08. The van der Waals surface area contributed by atoms with E-state index >= 15 is 0 Å². The number of carbonyl (C=O) groups excluding carboxylic acids is 7. The number of ketones is 1. The van der Waals surface area contributed by atoms with E-state index in [1.54, 1.807) is 72.7 Å². The molecule has 0 radical (unpaired) electrons. The molecule has 1 aromatic rings. The first-order chi connectivity index (χ1) is 27.5. The highest BCUT2D eigenvalue weighted by Gasteiger charge is 2.43. The van der Waals surface area contributed by atoms with Crippen molar-refractivity contribution in [1.82, 2.24) is 20.4 Å². The number of Topliss-reactive ketones (excluding diaryl/α,β-unsaturated/α-hetero) is 1. The van der Waals surface area contributed by atoms with Gasteiger partial charge in [-0.2, -0.15) is 0 Å². The molecule has 0 saturated carbocycles. The molecule has 2 heterocycles. The number of methoxy groups -OCH3 is 1. The van der Waals surface area contributed by atoms with Gasteiger partial charge in [0.2, 0.25) is 17.7 Å². The molecule has 16 heteroatoms. The maximum absolute atomic E-state index is 14.4. The number of nitrogens with zero attached hydrogens (tertiary/aromatic N) is 2. The molecule has 2 aliphatic heterocycles. The fraction of sp³-hybridized carbons (Fsp3) is 0.698. The molecule has 16 nitrogen and oxygen atoms in total. The molecule has 0 bridgehead atoms. The van der Waals surface area contributed by atoms with E-state index < -0.39 is 108 Å². The molecular weight excluding hydrogens is 764 g/mol. The van der Waals surface area contributed by atoms with E-state index in [9.17, 15) is 38.7 Å². The van der Waals surface area contributed by atoms with Crippen molar-refractivity contribution in [1.29, 1.82) is 0 Å². The molecule has 1 aromatic carbocycles. The lowest BCUT2D eigenvalue weighted by Gasteiger charge is -2.34. The van der Waals surface area contributed by atoms with E-state index in [1.165, 1.54) is 24.0 Å². The summed E-state index contributed by atoms with van der Waals surface area (Å²) in [6.07, 6.45) is -3.42. The van der Waals surface area contributed by atoms with Crippen LogP contribution in [0.3, 0.4) is 0 Å². The van der Waals surface area contributed by atoms with Gasteiger partial charge >= 0.3 is 18.0 Å². The molecule has 0 unspecified atom stereocenters. The number of esters is 2. The number of carbonyl (C=O) groups is 7. The number of benzene rings is 1. The number of alkyl carbamates (subject to hydrolysis) is 1. The molecule has 3 N–H and O–H groups in total. The Bertz CT molecular complexity index is 1640. The first-order valence-electron chi connectivity index (χ1n) is 20.6. The monoisotopic (exact) mass is 830 g/mol. The fourth-order valence-electron chi connectivity index (χ4n) is 7.40. The summed E-state index contributed by atoms with van der Waals surface area (Å²) in [6.45, 7) is 15.1. The van der Waals surface area contributed by atoms with E-state index in [-0.39, 0.29) is 31.2 Å². The van der Waals surface area contributed by atoms with E-state index in [4.69, 9.17) is 18.9 Å². The predicted molar refractivity (Wildman–Crippen MR) is 217 cm³/mol. The van der Waals surface area contributed by atoms with Crippen molar-refractivity contribution in [3.05, 3.63) is 29.8 Å². The van der Waals surface area contributed by atoms with Crippen LogP contribution in [0.4, 0.5) is 4.79 Å². The van der Waals surface area contributed by atoms with E-state index in [1.807, 2.05) is 13.8 Å². The molecule has 2 fully saturated rings. The Labute approximate surface area is 348 Å². The number of aliphatic hydroxyl groups excluding tert-OH is 1. The lowest BCUT2D eigenvalue weighted by molar-refractivity contribution is -0.161. The number of aliphatic hydroxyl groups is 1. The van der Waals surface area contributed by atoms with Gasteiger partial charge in [0.25, 0.3) is 0 Å². The standard InChI is InChI=1S/C43H66N4O12/c1-24(2)19-28-21-34(49)37(26(5)6)58-35(50)22-33(48)36(25(3)4)45-38(51)30(44-42(55)59-43(7,8)9)23-57-41(54)32(20-27-14-16-29(56-11)17-15-27)46(10)40(53)31-13-12-18-47(31)39(28)52/h14-17,24-26,28,30-33,36-37,48H,12-13,18-23H2,1-11H3,(H,44,55)(H,45,51)/t28-,30+,31+,32+,33+,36-,37+/m1/s1. The van der Waals surface area contributed by atoms with Gasteiger partial charge in [0.05, 0.1) is 25.7 Å². The van der Waals surface area contributed by atoms with E-state index in [0.717, 1.165) is 0 Å². The van der Waals surface area contributed by atoms with Gasteiger partial charge in [-0.3, -0.25) is 24.0 Å². The average molecular weight is 831 g/mol. The molecule has 7 atom stereocenters. The normalized spacial score (nSPS) is 26.3. The molecule has 0 aliphatic carbocycles. The largest absolute Gasteiger partial charge is 0.497 e. The summed E-state index contributed by atoms with van der Waals surface area (Å²) in [5.41, 5.74) is -0.300. The number of cyclic esters (lactones) is 2. The third-order valence-corrected chi connectivity index (χ3v) is 10.4. The number of ether oxygens (including phenoxy) is 4. The predicted octanol–water partition coefficient (Wildman–Crippen LogP) is 3.59. The van der Waals surface area contributed by atoms with Crippen molar-refractivity contribution in [2.45, 2.75) is 143 Å². The number of fused-ring (bicyclic) bond motifs is 1. The van der Waals surface area contributed by atoms with Crippen LogP contribution < -0.4 is 15.4 Å². The number of rotatable bonds is 8. The molecule has 0 aromatic heterocycles. The first-order valence-corrected chi connectivity index (χ1v) is 20.6. The third kappa shape index (κ3) is 14.2. The second-order valence-electron chi connectivity index (χ2n) is 17.7. The SMILES string of the molecule is COc1ccc(C[C@H]2C(=O)OC[C@H](NC(=O)OC(C)(C)C)C(=O)N[C@H](C(C)C)[C@@H](O)CC(=O)O[C@@H](C(C)C)C(=O)C[C@@H](CC(C)C)C(=O)N3CCC[C@H]3C(=O)N2C)cc1. The van der Waals surface area contributed by atoms with Crippen molar-refractivity contribution in [3.8, 4) is 5.75 Å². The smallest absolute Gasteiger partial charge is 0.408 e. The molecule has 2 saturated heterocycles. The van der Waals surface area contributed by atoms with Crippen LogP contribution in [0, 0.1) is 23.7 Å². The van der Waals surface area contributed by atoms with Crippen molar-refractivity contribution in [3.63, 3.8) is 0 Å². The Balaban J connectivity index is 2.14. The highest BCUT2D eigenvalue weighted by Crippen LogP contribution is 2.29. The maximum atomic E-state index is 14.4. The van der Waals surface area contributed by atoms with Gasteiger partial charge in [0.1, 0.15) is 36.1 Å². The van der Waals surface area contributed by atoms with Gasteiger partial charge in [-0.15, -0.1) is 0 Å². The number of hydrogen-bond donors (Lipinski definition) is 3. The molecule has 3 rings (SSSR count). The Hall–Kier alpha value is -4.73. The number of nitrogens with one attached hydrogen (secondary N) is 2. The summed E-state index contributed by atoms with van der Waals surface area (Å²) in [7, 11) is 2.96. The van der Waals surface area contributed by atoms with Gasteiger partial charge in [0, 0.05) is 32.4 Å². The fourth-order valence-corrected chi connectivity index (χ4v) is 7.40. The van der Waals surface area contributed by atoms with Crippen molar-refractivity contribution in [2.75, 3.05) is 27.3 Å². The van der Waals surface area contributed by atoms with Crippen molar-refractivity contribution < 1.29 is 57.6 Å². The summed E-state index contributed by atoms with van der Waals surface area (Å²) >= 11 is 0.